The van der Waals surface area contributed by atoms with Crippen LogP contribution in [-0.2, 0) is 19.8 Å². The van der Waals surface area contributed by atoms with E-state index in [2.05, 4.69) is 10.0 Å². The van der Waals surface area contributed by atoms with Crippen molar-refractivity contribution in [1.29, 1.82) is 0 Å². The van der Waals surface area contributed by atoms with Crippen molar-refractivity contribution in [2.45, 2.75) is 57.2 Å². The Morgan fingerprint density at radius 3 is 2.47 bits per heavy atom. The predicted octanol–water partition coefficient (Wildman–Crippen LogP) is 3.54. The summed E-state index contributed by atoms with van der Waals surface area (Å²) in [5, 5.41) is 3.30. The first-order valence-electron chi connectivity index (χ1n) is 12.1. The van der Waals surface area contributed by atoms with Crippen molar-refractivity contribution in [2.24, 2.45) is 0 Å². The van der Waals surface area contributed by atoms with E-state index in [-0.39, 0.29) is 22.8 Å². The smallest absolute Gasteiger partial charge is 0.280 e. The highest BCUT2D eigenvalue weighted by atomic mass is 35.5. The second kappa shape index (κ2) is 11.2. The van der Waals surface area contributed by atoms with E-state index in [0.29, 0.717) is 12.1 Å². The standard InChI is InChI=1S/C25H30ClFN4O4S/c1-17-16-30(17)36(34,35)28-15-23(32)31(20-11-7-8-18(27)14-20)24(21-12-5-6-13-22(21)26)25(33)29-19-9-3-2-4-10-19/h5-8,11-14,17,19,24,28H,2-4,9-10,15-16H2,1H3,(H,29,33)/t17-,24?,30?/m0/s1. The van der Waals surface area contributed by atoms with Crippen LogP contribution in [0, 0.1) is 5.82 Å². The molecule has 2 aromatic rings. The fourth-order valence-electron chi connectivity index (χ4n) is 4.55. The van der Waals surface area contributed by atoms with Crippen LogP contribution < -0.4 is 14.9 Å². The van der Waals surface area contributed by atoms with Crippen molar-refractivity contribution in [1.82, 2.24) is 14.3 Å². The molecule has 8 nitrogen and oxygen atoms in total. The second-order valence-corrected chi connectivity index (χ2v) is 11.4. The highest BCUT2D eigenvalue weighted by Gasteiger charge is 2.41. The van der Waals surface area contributed by atoms with Crippen LogP contribution in [0.4, 0.5) is 10.1 Å². The Hall–Kier alpha value is -2.53. The number of halogens is 2. The van der Waals surface area contributed by atoms with Crippen molar-refractivity contribution in [3.63, 3.8) is 0 Å². The van der Waals surface area contributed by atoms with Crippen LogP contribution in [0.3, 0.4) is 0 Å². The summed E-state index contributed by atoms with van der Waals surface area (Å²) in [6.07, 6.45) is 4.73. The van der Waals surface area contributed by atoms with Gasteiger partial charge in [0.05, 0.1) is 6.54 Å². The molecule has 1 aliphatic carbocycles. The number of carbonyl (C=O) groups excluding carboxylic acids is 2. The molecule has 0 aromatic heterocycles. The van der Waals surface area contributed by atoms with Crippen LogP contribution >= 0.6 is 11.6 Å². The van der Waals surface area contributed by atoms with Gasteiger partial charge in [0.2, 0.25) is 11.8 Å². The molecule has 2 N–H and O–H groups in total. The lowest BCUT2D eigenvalue weighted by Crippen LogP contribution is -2.50. The van der Waals surface area contributed by atoms with Crippen LogP contribution in [0.5, 0.6) is 0 Å². The van der Waals surface area contributed by atoms with Gasteiger partial charge in [0.25, 0.3) is 10.2 Å². The van der Waals surface area contributed by atoms with Crippen molar-refractivity contribution < 1.29 is 22.4 Å². The van der Waals surface area contributed by atoms with E-state index < -0.39 is 40.4 Å². The van der Waals surface area contributed by atoms with Crippen LogP contribution in [0.1, 0.15) is 50.6 Å². The summed E-state index contributed by atoms with van der Waals surface area (Å²) >= 11 is 6.48. The highest BCUT2D eigenvalue weighted by Crippen LogP contribution is 2.33. The summed E-state index contributed by atoms with van der Waals surface area (Å²) in [6.45, 7) is 1.51. The molecule has 194 valence electrons. The SMILES string of the molecule is C[C@H]1CN1S(=O)(=O)NCC(=O)N(c1cccc(F)c1)C(C(=O)NC1CCCCC1)c1ccccc1Cl. The molecule has 1 heterocycles. The van der Waals surface area contributed by atoms with Crippen LogP contribution in [-0.4, -0.2) is 49.7 Å². The van der Waals surface area contributed by atoms with Gasteiger partial charge in [0, 0.05) is 34.9 Å². The lowest BCUT2D eigenvalue weighted by molar-refractivity contribution is -0.127. The zero-order valence-corrected chi connectivity index (χ0v) is 21.6. The molecule has 0 radical (unpaired) electrons. The Morgan fingerprint density at radius 1 is 1.14 bits per heavy atom. The summed E-state index contributed by atoms with van der Waals surface area (Å²) in [4.78, 5) is 28.4. The van der Waals surface area contributed by atoms with Gasteiger partial charge in [0.15, 0.2) is 0 Å². The Kier molecular flexibility index (Phi) is 8.29. The largest absolute Gasteiger partial charge is 0.351 e. The maximum Gasteiger partial charge on any atom is 0.280 e. The average Bonchev–Trinajstić information content (AvgIpc) is 3.60. The van der Waals surface area contributed by atoms with E-state index in [0.717, 1.165) is 43.1 Å². The minimum absolute atomic E-state index is 0.0524. The lowest BCUT2D eigenvalue weighted by Gasteiger charge is -2.34. The van der Waals surface area contributed by atoms with E-state index in [1.54, 1.807) is 31.2 Å². The monoisotopic (exact) mass is 536 g/mol. The van der Waals surface area contributed by atoms with Crippen LogP contribution in [0.25, 0.3) is 0 Å². The Bertz CT molecular complexity index is 1220. The number of rotatable bonds is 9. The van der Waals surface area contributed by atoms with Crippen LogP contribution in [0.15, 0.2) is 48.5 Å². The molecule has 2 aliphatic rings. The fraction of sp³-hybridized carbons (Fsp3) is 0.440. The quantitative estimate of drug-likeness (QED) is 0.479. The maximum atomic E-state index is 14.3. The molecular formula is C25H30ClFN4O4S. The number of hydrogen-bond acceptors (Lipinski definition) is 4. The number of anilines is 1. The second-order valence-electron chi connectivity index (χ2n) is 9.26. The summed E-state index contributed by atoms with van der Waals surface area (Å²) in [6, 6.07) is 10.5. The molecule has 4 rings (SSSR count). The highest BCUT2D eigenvalue weighted by molar-refractivity contribution is 7.87. The molecule has 2 fully saturated rings. The minimum atomic E-state index is -3.86. The number of carbonyl (C=O) groups is 2. The van der Waals surface area contributed by atoms with E-state index >= 15 is 0 Å². The third kappa shape index (κ3) is 6.23. The summed E-state index contributed by atoms with van der Waals surface area (Å²) < 4.78 is 42.8. The number of hydrogen-bond donors (Lipinski definition) is 2. The Labute approximate surface area is 216 Å². The first kappa shape index (κ1) is 26.5. The third-order valence-electron chi connectivity index (χ3n) is 6.53. The molecule has 0 bridgehead atoms. The lowest BCUT2D eigenvalue weighted by atomic mass is 9.94. The first-order valence-corrected chi connectivity index (χ1v) is 13.9. The van der Waals surface area contributed by atoms with Crippen molar-refractivity contribution in [3.8, 4) is 0 Å². The van der Waals surface area contributed by atoms with Crippen molar-refractivity contribution in [3.05, 3.63) is 64.9 Å². The molecule has 2 aromatic carbocycles. The van der Waals surface area contributed by atoms with Gasteiger partial charge in [-0.1, -0.05) is 55.1 Å². The number of nitrogens with one attached hydrogen (secondary N) is 2. The molecule has 1 saturated carbocycles. The summed E-state index contributed by atoms with van der Waals surface area (Å²) in [5.41, 5.74) is 0.468. The predicted molar refractivity (Wildman–Crippen MR) is 136 cm³/mol. The summed E-state index contributed by atoms with van der Waals surface area (Å²) in [7, 11) is -3.86. The van der Waals surface area contributed by atoms with E-state index in [4.69, 9.17) is 11.6 Å². The zero-order valence-electron chi connectivity index (χ0n) is 20.0. The minimum Gasteiger partial charge on any atom is -0.351 e. The zero-order chi connectivity index (χ0) is 25.9. The van der Waals surface area contributed by atoms with Gasteiger partial charge in [-0.3, -0.25) is 14.5 Å². The topological polar surface area (TPSA) is 98.6 Å². The van der Waals surface area contributed by atoms with Gasteiger partial charge in [-0.2, -0.15) is 17.4 Å². The van der Waals surface area contributed by atoms with Crippen LogP contribution in [0.2, 0.25) is 5.02 Å². The van der Waals surface area contributed by atoms with E-state index in [9.17, 15) is 22.4 Å². The molecule has 36 heavy (non-hydrogen) atoms. The first-order chi connectivity index (χ1) is 17.2. The van der Waals surface area contributed by atoms with Crippen molar-refractivity contribution in [2.75, 3.05) is 18.0 Å². The van der Waals surface area contributed by atoms with Gasteiger partial charge < -0.3 is 5.32 Å². The van der Waals surface area contributed by atoms with Crippen molar-refractivity contribution >= 4 is 39.3 Å². The normalized spacial score (nSPS) is 21.0. The number of benzene rings is 2. The van der Waals surface area contributed by atoms with Gasteiger partial charge >= 0.3 is 0 Å². The molecule has 1 aliphatic heterocycles. The van der Waals surface area contributed by atoms with Gasteiger partial charge in [-0.25, -0.2) is 4.39 Å². The van der Waals surface area contributed by atoms with Gasteiger partial charge in [0.1, 0.15) is 11.9 Å². The molecule has 1 saturated heterocycles. The van der Waals surface area contributed by atoms with Gasteiger partial charge in [-0.15, -0.1) is 0 Å². The average molecular weight is 537 g/mol. The Balaban J connectivity index is 1.70. The molecule has 0 spiro atoms. The molecule has 3 atom stereocenters. The molecular weight excluding hydrogens is 507 g/mol. The number of nitrogens with zero attached hydrogens (tertiary/aromatic N) is 2. The third-order valence-corrected chi connectivity index (χ3v) is 8.51. The number of amides is 2. The van der Waals surface area contributed by atoms with E-state index in [1.807, 2.05) is 0 Å². The molecule has 11 heteroatoms. The fourth-order valence-corrected chi connectivity index (χ4v) is 6.15. The maximum absolute atomic E-state index is 14.3. The van der Waals surface area contributed by atoms with E-state index in [1.165, 1.54) is 22.5 Å². The molecule has 2 amide bonds. The summed E-state index contributed by atoms with van der Waals surface area (Å²) in [5.74, 6) is -1.79. The van der Waals surface area contributed by atoms with Gasteiger partial charge in [-0.05, 0) is 44.0 Å². The molecule has 2 unspecified atom stereocenters. The Morgan fingerprint density at radius 2 is 1.83 bits per heavy atom.